The van der Waals surface area contributed by atoms with Gasteiger partial charge in [0.25, 0.3) is 0 Å². The van der Waals surface area contributed by atoms with Crippen LogP contribution in [0.1, 0.15) is 12.0 Å². The first-order valence-corrected chi connectivity index (χ1v) is 4.45. The van der Waals surface area contributed by atoms with Crippen molar-refractivity contribution in [1.82, 2.24) is 0 Å². The first-order valence-electron chi connectivity index (χ1n) is 4.45. The van der Waals surface area contributed by atoms with E-state index in [0.29, 0.717) is 13.0 Å². The minimum absolute atomic E-state index is 0.589. The van der Waals surface area contributed by atoms with Gasteiger partial charge in [0.05, 0.1) is 18.2 Å². The van der Waals surface area contributed by atoms with E-state index in [0.717, 1.165) is 5.69 Å². The summed E-state index contributed by atoms with van der Waals surface area (Å²) in [6.45, 7) is 2.63. The Hall–Kier alpha value is -1.84. The van der Waals surface area contributed by atoms with E-state index >= 15 is 0 Å². The first-order chi connectivity index (χ1) is 6.83. The van der Waals surface area contributed by atoms with E-state index in [1.807, 2.05) is 31.2 Å². The van der Waals surface area contributed by atoms with Crippen molar-refractivity contribution in [2.45, 2.75) is 13.3 Å². The Kier molecular flexibility index (Phi) is 4.20. The lowest BCUT2D eigenvalue weighted by atomic mass is 10.2. The zero-order valence-electron chi connectivity index (χ0n) is 8.20. The zero-order chi connectivity index (χ0) is 10.2. The molecule has 0 saturated heterocycles. The van der Waals surface area contributed by atoms with Crippen molar-refractivity contribution in [3.8, 4) is 12.3 Å². The minimum Gasteiger partial charge on any atom is -0.224 e. The van der Waals surface area contributed by atoms with Crippen LogP contribution in [0, 0.1) is 19.3 Å². The summed E-state index contributed by atoms with van der Waals surface area (Å²) in [6.07, 6.45) is 5.71. The van der Waals surface area contributed by atoms with Gasteiger partial charge in [-0.2, -0.15) is 4.99 Å². The standard InChI is InChI=1S/C12H12N2/c1-3-4-9-13-10-14-12-7-5-11(2)6-8-12/h1,5-8H,4,9H2,2H3. The highest BCUT2D eigenvalue weighted by molar-refractivity contribution is 5.52. The zero-order valence-corrected chi connectivity index (χ0v) is 8.20. The molecule has 0 saturated carbocycles. The van der Waals surface area contributed by atoms with Crippen molar-refractivity contribution in [1.29, 1.82) is 0 Å². The van der Waals surface area contributed by atoms with Crippen LogP contribution in [-0.4, -0.2) is 12.6 Å². The molecule has 0 radical (unpaired) electrons. The first kappa shape index (κ1) is 10.2. The number of aliphatic imine (C=N–C) groups is 2. The lowest BCUT2D eigenvalue weighted by molar-refractivity contribution is 1.04. The molecule has 0 fully saturated rings. The van der Waals surface area contributed by atoms with Crippen LogP contribution in [0.3, 0.4) is 0 Å². The van der Waals surface area contributed by atoms with Crippen molar-refractivity contribution >= 4 is 11.7 Å². The molecule has 1 aromatic rings. The average molecular weight is 184 g/mol. The second-order valence-electron chi connectivity index (χ2n) is 2.88. The van der Waals surface area contributed by atoms with Gasteiger partial charge in [0, 0.05) is 6.42 Å². The van der Waals surface area contributed by atoms with Crippen LogP contribution in [-0.2, 0) is 0 Å². The van der Waals surface area contributed by atoms with Gasteiger partial charge < -0.3 is 0 Å². The third-order valence-corrected chi connectivity index (χ3v) is 1.65. The van der Waals surface area contributed by atoms with E-state index in [2.05, 4.69) is 21.9 Å². The molecule has 0 amide bonds. The molecule has 0 aromatic heterocycles. The molecule has 0 aliphatic rings. The molecule has 0 heterocycles. The van der Waals surface area contributed by atoms with E-state index in [1.165, 1.54) is 5.56 Å². The fraction of sp³-hybridized carbons (Fsp3) is 0.250. The Balaban J connectivity index is 2.56. The molecule has 1 aromatic carbocycles. The predicted octanol–water partition coefficient (Wildman–Crippen LogP) is 2.82. The maximum atomic E-state index is 5.07. The SMILES string of the molecule is C#CCCN=C=Nc1ccc(C)cc1. The number of benzene rings is 1. The lowest BCUT2D eigenvalue weighted by Crippen LogP contribution is -1.74. The Morgan fingerprint density at radius 3 is 2.64 bits per heavy atom. The summed E-state index contributed by atoms with van der Waals surface area (Å²) < 4.78 is 0. The molecular weight excluding hydrogens is 172 g/mol. The Morgan fingerprint density at radius 2 is 2.00 bits per heavy atom. The summed E-state index contributed by atoms with van der Waals surface area (Å²) in [5, 5.41) is 0. The van der Waals surface area contributed by atoms with Gasteiger partial charge in [-0.1, -0.05) is 17.7 Å². The van der Waals surface area contributed by atoms with E-state index in [-0.39, 0.29) is 0 Å². The average Bonchev–Trinajstić information content (AvgIpc) is 2.21. The van der Waals surface area contributed by atoms with Crippen molar-refractivity contribution < 1.29 is 0 Å². The van der Waals surface area contributed by atoms with Crippen LogP contribution in [0.15, 0.2) is 34.3 Å². The number of terminal acetylenes is 1. The molecule has 0 aliphatic heterocycles. The van der Waals surface area contributed by atoms with Gasteiger partial charge in [-0.15, -0.1) is 12.3 Å². The van der Waals surface area contributed by atoms with Gasteiger partial charge in [0.2, 0.25) is 0 Å². The van der Waals surface area contributed by atoms with E-state index in [9.17, 15) is 0 Å². The van der Waals surface area contributed by atoms with E-state index in [4.69, 9.17) is 6.42 Å². The van der Waals surface area contributed by atoms with E-state index < -0.39 is 0 Å². The molecule has 1 rings (SSSR count). The second kappa shape index (κ2) is 5.75. The Bertz CT molecular complexity index is 376. The third-order valence-electron chi connectivity index (χ3n) is 1.65. The maximum Gasteiger partial charge on any atom is 0.0949 e. The fourth-order valence-corrected chi connectivity index (χ4v) is 0.883. The molecule has 2 heteroatoms. The highest BCUT2D eigenvalue weighted by Gasteiger charge is 1.85. The number of rotatable bonds is 3. The fourth-order valence-electron chi connectivity index (χ4n) is 0.883. The highest BCUT2D eigenvalue weighted by atomic mass is 14.8. The van der Waals surface area contributed by atoms with Crippen LogP contribution in [0.4, 0.5) is 5.69 Å². The summed E-state index contributed by atoms with van der Waals surface area (Å²) in [5.41, 5.74) is 2.08. The maximum absolute atomic E-state index is 5.07. The summed E-state index contributed by atoms with van der Waals surface area (Å²) in [7, 11) is 0. The van der Waals surface area contributed by atoms with Gasteiger partial charge in [0.1, 0.15) is 0 Å². The number of hydrogen-bond donors (Lipinski definition) is 0. The van der Waals surface area contributed by atoms with Crippen LogP contribution in [0.25, 0.3) is 0 Å². The summed E-state index contributed by atoms with van der Waals surface area (Å²) in [4.78, 5) is 7.95. The molecule has 14 heavy (non-hydrogen) atoms. The molecule has 0 aliphatic carbocycles. The molecule has 0 atom stereocenters. The van der Waals surface area contributed by atoms with Gasteiger partial charge in [-0.05, 0) is 19.1 Å². The normalized spacial score (nSPS) is 8.57. The number of aryl methyl sites for hydroxylation is 1. The van der Waals surface area contributed by atoms with Crippen LogP contribution >= 0.6 is 0 Å². The Morgan fingerprint density at radius 1 is 1.29 bits per heavy atom. The summed E-state index contributed by atoms with van der Waals surface area (Å²) in [5.74, 6) is 2.50. The highest BCUT2D eigenvalue weighted by Crippen LogP contribution is 2.10. The molecule has 0 N–H and O–H groups in total. The van der Waals surface area contributed by atoms with Crippen LogP contribution < -0.4 is 0 Å². The van der Waals surface area contributed by atoms with Gasteiger partial charge >= 0.3 is 0 Å². The molecule has 70 valence electrons. The monoisotopic (exact) mass is 184 g/mol. The van der Waals surface area contributed by atoms with Crippen molar-refractivity contribution in [3.05, 3.63) is 29.8 Å². The Labute approximate surface area is 84.4 Å². The smallest absolute Gasteiger partial charge is 0.0949 e. The molecular formula is C12H12N2. The lowest BCUT2D eigenvalue weighted by Gasteiger charge is -1.90. The van der Waals surface area contributed by atoms with Gasteiger partial charge in [0.15, 0.2) is 0 Å². The molecule has 0 bridgehead atoms. The van der Waals surface area contributed by atoms with E-state index in [1.54, 1.807) is 0 Å². The van der Waals surface area contributed by atoms with Crippen molar-refractivity contribution in [2.75, 3.05) is 6.54 Å². The van der Waals surface area contributed by atoms with Crippen molar-refractivity contribution in [3.63, 3.8) is 0 Å². The van der Waals surface area contributed by atoms with Crippen molar-refractivity contribution in [2.24, 2.45) is 9.98 Å². The summed E-state index contributed by atoms with van der Waals surface area (Å²) in [6, 6.07) is 10.5. The van der Waals surface area contributed by atoms with Crippen LogP contribution in [0.5, 0.6) is 0 Å². The molecule has 2 nitrogen and oxygen atoms in total. The predicted molar refractivity (Wildman–Crippen MR) is 59.0 cm³/mol. The quantitative estimate of drug-likeness (QED) is 0.392. The third kappa shape index (κ3) is 3.71. The largest absolute Gasteiger partial charge is 0.224 e. The summed E-state index contributed by atoms with van der Waals surface area (Å²) >= 11 is 0. The molecule has 0 unspecified atom stereocenters. The number of nitrogens with zero attached hydrogens (tertiary/aromatic N) is 2. The van der Waals surface area contributed by atoms with Gasteiger partial charge in [-0.3, -0.25) is 0 Å². The second-order valence-corrected chi connectivity index (χ2v) is 2.88. The molecule has 0 spiro atoms. The number of hydrogen-bond acceptors (Lipinski definition) is 2. The van der Waals surface area contributed by atoms with Gasteiger partial charge in [-0.25, -0.2) is 4.99 Å². The minimum atomic E-state index is 0.589. The van der Waals surface area contributed by atoms with Crippen LogP contribution in [0.2, 0.25) is 0 Å². The topological polar surface area (TPSA) is 24.7 Å².